The molecule has 0 saturated carbocycles. The van der Waals surface area contributed by atoms with Crippen LogP contribution in [0.2, 0.25) is 0 Å². The highest BCUT2D eigenvalue weighted by Crippen LogP contribution is 2.30. The zero-order chi connectivity index (χ0) is 14.4. The quantitative estimate of drug-likeness (QED) is 0.543. The molecule has 0 aromatic carbocycles. The Morgan fingerprint density at radius 2 is 2.30 bits per heavy atom. The normalized spacial score (nSPS) is 26.4. The Bertz CT molecular complexity index is 713. The number of fused-ring (bicyclic) bond motifs is 1. The Balaban J connectivity index is 2.11. The van der Waals surface area contributed by atoms with E-state index in [0.717, 1.165) is 0 Å². The van der Waals surface area contributed by atoms with Crippen LogP contribution in [0.3, 0.4) is 0 Å². The summed E-state index contributed by atoms with van der Waals surface area (Å²) in [4.78, 5) is 19.4. The number of rotatable bonds is 2. The van der Waals surface area contributed by atoms with Crippen LogP contribution in [0.25, 0.3) is 5.78 Å². The zero-order valence-corrected chi connectivity index (χ0v) is 12.3. The fraction of sp³-hybridized carbons (Fsp3) is 0.500. The van der Waals surface area contributed by atoms with E-state index in [-0.39, 0.29) is 12.6 Å². The lowest BCUT2D eigenvalue weighted by molar-refractivity contribution is -0.0432. The molecule has 2 aromatic heterocycles. The molecule has 0 bridgehead atoms. The molecule has 2 aromatic rings. The summed E-state index contributed by atoms with van der Waals surface area (Å²) in [5, 5.41) is 18.9. The molecule has 10 heteroatoms. The van der Waals surface area contributed by atoms with Crippen molar-refractivity contribution in [1.82, 2.24) is 18.9 Å². The lowest BCUT2D eigenvalue weighted by Gasteiger charge is -2.13. The van der Waals surface area contributed by atoms with Crippen molar-refractivity contribution in [3.8, 4) is 0 Å². The second-order valence-electron chi connectivity index (χ2n) is 4.47. The summed E-state index contributed by atoms with van der Waals surface area (Å²) in [5.41, 5.74) is 4.98. The Hall–Kier alpha value is -1.24. The molecule has 4 N–H and O–H groups in total. The smallest absolute Gasteiger partial charge is 0.358 e. The van der Waals surface area contributed by atoms with Crippen molar-refractivity contribution < 1.29 is 14.9 Å². The van der Waals surface area contributed by atoms with Gasteiger partial charge in [-0.05, 0) is 22.6 Å². The molecule has 1 aliphatic heterocycles. The van der Waals surface area contributed by atoms with E-state index in [9.17, 15) is 9.90 Å². The minimum absolute atomic E-state index is 0.122. The van der Waals surface area contributed by atoms with Crippen molar-refractivity contribution in [2.24, 2.45) is 0 Å². The fourth-order valence-corrected chi connectivity index (χ4v) is 2.99. The highest BCUT2D eigenvalue weighted by atomic mass is 127. The van der Waals surface area contributed by atoms with Crippen LogP contribution in [0.4, 0.5) is 5.95 Å². The topological polar surface area (TPSA) is 128 Å². The molecule has 20 heavy (non-hydrogen) atoms. The van der Waals surface area contributed by atoms with E-state index < -0.39 is 24.1 Å². The molecule has 3 rings (SSSR count). The monoisotopic (exact) mass is 393 g/mol. The number of nitrogens with two attached hydrogens (primary N) is 1. The molecule has 0 aliphatic carbocycles. The largest absolute Gasteiger partial charge is 0.394 e. The number of imidazole rings is 1. The minimum Gasteiger partial charge on any atom is -0.394 e. The number of hydrogen-bond acceptors (Lipinski definition) is 7. The first-order valence-electron chi connectivity index (χ1n) is 5.88. The van der Waals surface area contributed by atoms with Gasteiger partial charge in [-0.25, -0.2) is 9.20 Å². The van der Waals surface area contributed by atoms with Gasteiger partial charge in [-0.15, -0.1) is 0 Å². The number of ether oxygens (including phenoxy) is 1. The van der Waals surface area contributed by atoms with Gasteiger partial charge in [0.2, 0.25) is 11.7 Å². The number of anilines is 1. The highest BCUT2D eigenvalue weighted by Gasteiger charge is 2.35. The number of aliphatic hydroxyl groups is 2. The molecule has 3 atom stereocenters. The van der Waals surface area contributed by atoms with Crippen LogP contribution in [0.1, 0.15) is 12.6 Å². The Labute approximate surface area is 126 Å². The third-order valence-corrected chi connectivity index (χ3v) is 3.96. The van der Waals surface area contributed by atoms with Crippen LogP contribution in [-0.2, 0) is 4.74 Å². The van der Waals surface area contributed by atoms with Gasteiger partial charge < -0.3 is 20.7 Å². The van der Waals surface area contributed by atoms with Crippen molar-refractivity contribution in [1.29, 1.82) is 0 Å². The Kier molecular flexibility index (Phi) is 3.40. The molecule has 1 aliphatic rings. The number of aromatic nitrogens is 4. The summed E-state index contributed by atoms with van der Waals surface area (Å²) in [7, 11) is 0. The SMILES string of the molecule is Nc1nc(=O)n2c(I)cn([C@@H]3C[C@@H](O)[C@H](CO)O3)c2n1. The van der Waals surface area contributed by atoms with Crippen LogP contribution in [0, 0.1) is 3.70 Å². The maximum atomic E-state index is 11.8. The minimum atomic E-state index is -0.768. The Morgan fingerprint density at radius 3 is 2.95 bits per heavy atom. The summed E-state index contributed by atoms with van der Waals surface area (Å²) in [5.74, 6) is 0.172. The number of nitrogens with zero attached hydrogens (tertiary/aromatic N) is 4. The van der Waals surface area contributed by atoms with Crippen LogP contribution in [-0.4, -0.2) is 48.0 Å². The summed E-state index contributed by atoms with van der Waals surface area (Å²) >= 11 is 1.98. The summed E-state index contributed by atoms with van der Waals surface area (Å²) < 4.78 is 9.07. The first-order valence-corrected chi connectivity index (χ1v) is 6.96. The summed E-state index contributed by atoms with van der Waals surface area (Å²) in [6.45, 7) is -0.273. The maximum Gasteiger partial charge on any atom is 0.358 e. The van der Waals surface area contributed by atoms with Gasteiger partial charge in [0, 0.05) is 12.6 Å². The number of aliphatic hydroxyl groups excluding tert-OH is 2. The van der Waals surface area contributed by atoms with Crippen molar-refractivity contribution in [2.45, 2.75) is 24.9 Å². The maximum absolute atomic E-state index is 11.8. The predicted molar refractivity (Wildman–Crippen MR) is 76.0 cm³/mol. The van der Waals surface area contributed by atoms with E-state index in [2.05, 4.69) is 9.97 Å². The number of halogens is 1. The van der Waals surface area contributed by atoms with Gasteiger partial charge in [-0.2, -0.15) is 9.97 Å². The third kappa shape index (κ3) is 2.08. The van der Waals surface area contributed by atoms with Gasteiger partial charge in [-0.3, -0.25) is 4.57 Å². The second kappa shape index (κ2) is 4.95. The molecular weight excluding hydrogens is 381 g/mol. The van der Waals surface area contributed by atoms with Gasteiger partial charge in [0.25, 0.3) is 0 Å². The van der Waals surface area contributed by atoms with Gasteiger partial charge in [0.05, 0.1) is 12.7 Å². The molecule has 1 saturated heterocycles. The van der Waals surface area contributed by atoms with Crippen molar-refractivity contribution in [3.05, 3.63) is 20.4 Å². The van der Waals surface area contributed by atoms with Crippen LogP contribution < -0.4 is 11.4 Å². The van der Waals surface area contributed by atoms with Gasteiger partial charge in [0.1, 0.15) is 16.0 Å². The molecule has 9 nitrogen and oxygen atoms in total. The van der Waals surface area contributed by atoms with E-state index in [1.807, 2.05) is 22.6 Å². The number of hydrogen-bond donors (Lipinski definition) is 3. The van der Waals surface area contributed by atoms with Crippen molar-refractivity contribution in [3.63, 3.8) is 0 Å². The Morgan fingerprint density at radius 1 is 1.55 bits per heavy atom. The predicted octanol–water partition coefficient (Wildman–Crippen LogP) is -1.28. The first-order chi connectivity index (χ1) is 9.51. The van der Waals surface area contributed by atoms with Gasteiger partial charge >= 0.3 is 5.69 Å². The molecular formula is C10H12IN5O4. The summed E-state index contributed by atoms with van der Waals surface area (Å²) in [6.07, 6.45) is 0.0307. The van der Waals surface area contributed by atoms with E-state index in [1.54, 1.807) is 10.8 Å². The molecule has 0 unspecified atom stereocenters. The van der Waals surface area contributed by atoms with Crippen LogP contribution in [0.5, 0.6) is 0 Å². The van der Waals surface area contributed by atoms with Crippen LogP contribution >= 0.6 is 22.6 Å². The van der Waals surface area contributed by atoms with Crippen molar-refractivity contribution in [2.75, 3.05) is 12.3 Å². The first kappa shape index (κ1) is 13.7. The lowest BCUT2D eigenvalue weighted by atomic mass is 10.2. The van der Waals surface area contributed by atoms with Gasteiger partial charge in [-0.1, -0.05) is 0 Å². The zero-order valence-electron chi connectivity index (χ0n) is 10.2. The standard InChI is InChI=1S/C10H12IN5O4/c11-6-2-15(7-1-4(18)5(3-17)20-7)9-13-8(12)14-10(19)16(6)9/h2,4-5,7,17-18H,1,3H2,(H2,12,14,19)/t4-,5+,7+/m1/s1. The average molecular weight is 393 g/mol. The van der Waals surface area contributed by atoms with Crippen molar-refractivity contribution >= 4 is 34.3 Å². The lowest BCUT2D eigenvalue weighted by Crippen LogP contribution is -2.24. The molecule has 0 amide bonds. The van der Waals surface area contributed by atoms with E-state index in [1.165, 1.54) is 4.40 Å². The molecule has 108 valence electrons. The van der Waals surface area contributed by atoms with E-state index in [0.29, 0.717) is 15.9 Å². The number of nitrogen functional groups attached to an aromatic ring is 1. The summed E-state index contributed by atoms with van der Waals surface area (Å²) in [6, 6.07) is 0. The fourth-order valence-electron chi connectivity index (χ4n) is 2.26. The molecule has 0 spiro atoms. The van der Waals surface area contributed by atoms with Crippen LogP contribution in [0.15, 0.2) is 11.0 Å². The average Bonchev–Trinajstić information content (AvgIpc) is 2.90. The van der Waals surface area contributed by atoms with E-state index >= 15 is 0 Å². The third-order valence-electron chi connectivity index (χ3n) is 3.20. The second-order valence-corrected chi connectivity index (χ2v) is 5.58. The molecule has 0 radical (unpaired) electrons. The molecule has 3 heterocycles. The molecule has 1 fully saturated rings. The van der Waals surface area contributed by atoms with E-state index in [4.69, 9.17) is 15.6 Å². The highest BCUT2D eigenvalue weighted by molar-refractivity contribution is 14.1. The van der Waals surface area contributed by atoms with Gasteiger partial charge in [0.15, 0.2) is 0 Å².